The van der Waals surface area contributed by atoms with Crippen LogP contribution in [-0.2, 0) is 0 Å². The molecule has 0 amide bonds. The van der Waals surface area contributed by atoms with Crippen LogP contribution in [0.5, 0.6) is 0 Å². The zero-order valence-electron chi connectivity index (χ0n) is 27.0. The van der Waals surface area contributed by atoms with Gasteiger partial charge in [0.05, 0.1) is 27.5 Å². The lowest BCUT2D eigenvalue weighted by Gasteiger charge is -2.09. The zero-order valence-corrected chi connectivity index (χ0v) is 27.0. The molecule has 51 heavy (non-hydrogen) atoms. The smallest absolute Gasteiger partial charge is 0.167 e. The van der Waals surface area contributed by atoms with E-state index in [1.54, 1.807) is 0 Å². The summed E-state index contributed by atoms with van der Waals surface area (Å²) in [6.07, 6.45) is 0. The van der Waals surface area contributed by atoms with Crippen molar-refractivity contribution in [3.63, 3.8) is 0 Å². The Morgan fingerprint density at radius 2 is 1.06 bits per heavy atom. The molecular formula is C45H24N4O2. The minimum absolute atomic E-state index is 0.545. The van der Waals surface area contributed by atoms with E-state index in [0.29, 0.717) is 17.5 Å². The first-order valence-corrected chi connectivity index (χ1v) is 17.0. The first kappa shape index (κ1) is 26.9. The van der Waals surface area contributed by atoms with Gasteiger partial charge in [0.1, 0.15) is 22.3 Å². The van der Waals surface area contributed by atoms with Crippen molar-refractivity contribution in [3.8, 4) is 34.2 Å². The van der Waals surface area contributed by atoms with Crippen LogP contribution >= 0.6 is 0 Å². The first-order chi connectivity index (χ1) is 25.3. The second kappa shape index (κ2) is 9.77. The summed E-state index contributed by atoms with van der Waals surface area (Å²) < 4.78 is 15.6. The molecule has 0 aliphatic heterocycles. The van der Waals surface area contributed by atoms with Gasteiger partial charge in [-0.3, -0.25) is 0 Å². The molecule has 12 aromatic rings. The van der Waals surface area contributed by atoms with Gasteiger partial charge in [-0.15, -0.1) is 0 Å². The van der Waals surface area contributed by atoms with Crippen LogP contribution in [-0.4, -0.2) is 19.4 Å². The molecule has 6 nitrogen and oxygen atoms in total. The lowest BCUT2D eigenvalue weighted by atomic mass is 10.0. The van der Waals surface area contributed by atoms with E-state index >= 15 is 0 Å². The molecule has 0 saturated heterocycles. The number of furan rings is 2. The Balaban J connectivity index is 1.20. The van der Waals surface area contributed by atoms with Gasteiger partial charge < -0.3 is 13.2 Å². The van der Waals surface area contributed by atoms with Gasteiger partial charge in [-0.25, -0.2) is 15.0 Å². The summed E-state index contributed by atoms with van der Waals surface area (Å²) in [6.45, 7) is 0. The van der Waals surface area contributed by atoms with Gasteiger partial charge in [0.25, 0.3) is 0 Å². The Morgan fingerprint density at radius 3 is 1.88 bits per heavy atom. The van der Waals surface area contributed by atoms with Gasteiger partial charge in [-0.1, -0.05) is 97.1 Å². The fraction of sp³-hybridized carbons (Fsp3) is 0. The maximum absolute atomic E-state index is 6.73. The topological polar surface area (TPSA) is 69.4 Å². The van der Waals surface area contributed by atoms with Crippen LogP contribution in [0.15, 0.2) is 154 Å². The molecule has 12 rings (SSSR count). The lowest BCUT2D eigenvalue weighted by Crippen LogP contribution is -2.00. The third-order valence-corrected chi connectivity index (χ3v) is 10.4. The Hall–Kier alpha value is -7.05. The molecule has 0 spiro atoms. The molecule has 5 heterocycles. The molecule has 0 aliphatic rings. The van der Waals surface area contributed by atoms with Gasteiger partial charge in [0, 0.05) is 43.4 Å². The molecule has 0 saturated carbocycles. The number of para-hydroxylation sites is 4. The summed E-state index contributed by atoms with van der Waals surface area (Å²) in [7, 11) is 0. The highest BCUT2D eigenvalue weighted by molar-refractivity contribution is 6.32. The van der Waals surface area contributed by atoms with E-state index in [0.717, 1.165) is 76.9 Å². The number of benzene rings is 7. The van der Waals surface area contributed by atoms with Crippen molar-refractivity contribution in [2.45, 2.75) is 0 Å². The van der Waals surface area contributed by atoms with Crippen LogP contribution in [0, 0.1) is 0 Å². The monoisotopic (exact) mass is 652 g/mol. The number of hydrogen-bond donors (Lipinski definition) is 0. The molecular weight excluding hydrogens is 629 g/mol. The molecule has 0 bridgehead atoms. The van der Waals surface area contributed by atoms with Crippen LogP contribution in [0.25, 0.3) is 116 Å². The summed E-state index contributed by atoms with van der Waals surface area (Å²) >= 11 is 0. The molecule has 236 valence electrons. The van der Waals surface area contributed by atoms with E-state index in [4.69, 9.17) is 23.8 Å². The minimum Gasteiger partial charge on any atom is -0.456 e. The lowest BCUT2D eigenvalue weighted by molar-refractivity contribution is 0.669. The summed E-state index contributed by atoms with van der Waals surface area (Å²) in [5, 5.41) is 8.94. The number of fused-ring (bicyclic) bond motifs is 9. The molecule has 0 fully saturated rings. The van der Waals surface area contributed by atoms with Crippen molar-refractivity contribution in [2.24, 2.45) is 0 Å². The highest BCUT2D eigenvalue weighted by atomic mass is 16.3. The van der Waals surface area contributed by atoms with Gasteiger partial charge in [-0.05, 0) is 53.9 Å². The first-order valence-electron chi connectivity index (χ1n) is 17.0. The number of aromatic nitrogens is 4. The fourth-order valence-corrected chi connectivity index (χ4v) is 8.19. The highest BCUT2D eigenvalue weighted by Crippen LogP contribution is 2.45. The number of nitrogens with zero attached hydrogens (tertiary/aromatic N) is 4. The molecule has 0 aliphatic carbocycles. The average Bonchev–Trinajstić information content (AvgIpc) is 3.84. The van der Waals surface area contributed by atoms with Crippen LogP contribution in [0.1, 0.15) is 0 Å². The Kier molecular flexibility index (Phi) is 5.14. The maximum atomic E-state index is 6.73. The highest BCUT2D eigenvalue weighted by Gasteiger charge is 2.23. The summed E-state index contributed by atoms with van der Waals surface area (Å²) in [5.74, 6) is 1.69. The average molecular weight is 653 g/mol. The number of rotatable bonds is 3. The van der Waals surface area contributed by atoms with Crippen LogP contribution in [0.3, 0.4) is 0 Å². The van der Waals surface area contributed by atoms with Crippen LogP contribution in [0.4, 0.5) is 0 Å². The second-order valence-electron chi connectivity index (χ2n) is 13.2. The Morgan fingerprint density at radius 1 is 0.392 bits per heavy atom. The summed E-state index contributed by atoms with van der Waals surface area (Å²) in [5.41, 5.74) is 9.25. The minimum atomic E-state index is 0.545. The van der Waals surface area contributed by atoms with E-state index in [2.05, 4.69) is 89.3 Å². The Bertz CT molecular complexity index is 3360. The standard InChI is InChI=1S/C45H24N4O2/c1-2-11-25(12-3-1)43-46-44(48-45(47-43)32-17-10-16-31-29-15-6-9-20-36(29)51-42(31)32)26-23-33-28-14-5-8-19-35(28)49-34-18-7-4-13-27(34)30-21-22-37-40(41(30)49)39(33)38(24-26)50-37/h1-24H. The quantitative estimate of drug-likeness (QED) is 0.190. The van der Waals surface area contributed by atoms with E-state index in [1.165, 1.54) is 21.8 Å². The van der Waals surface area contributed by atoms with Gasteiger partial charge in [0.2, 0.25) is 0 Å². The molecule has 5 aromatic heterocycles. The SMILES string of the molecule is c1ccc(-c2nc(-c3cc4oc5ccc6c7ccccc7n7c8ccccc8c(c3)c4c5c67)nc(-c3cccc4c3oc3ccccc34)n2)cc1. The zero-order chi connectivity index (χ0) is 33.2. The second-order valence-corrected chi connectivity index (χ2v) is 13.2. The van der Waals surface area contributed by atoms with E-state index in [9.17, 15) is 0 Å². The van der Waals surface area contributed by atoms with Crippen molar-refractivity contribution in [2.75, 3.05) is 0 Å². The van der Waals surface area contributed by atoms with Crippen molar-refractivity contribution in [3.05, 3.63) is 146 Å². The third-order valence-electron chi connectivity index (χ3n) is 10.4. The molecule has 0 radical (unpaired) electrons. The largest absolute Gasteiger partial charge is 0.456 e. The van der Waals surface area contributed by atoms with Crippen molar-refractivity contribution >= 4 is 82.0 Å². The van der Waals surface area contributed by atoms with E-state index in [1.807, 2.05) is 60.7 Å². The van der Waals surface area contributed by atoms with Crippen LogP contribution in [0.2, 0.25) is 0 Å². The van der Waals surface area contributed by atoms with Gasteiger partial charge in [0.15, 0.2) is 17.5 Å². The maximum Gasteiger partial charge on any atom is 0.167 e. The molecule has 0 unspecified atom stereocenters. The summed E-state index contributed by atoms with van der Waals surface area (Å²) in [4.78, 5) is 15.4. The number of hydrogen-bond acceptors (Lipinski definition) is 5. The van der Waals surface area contributed by atoms with E-state index in [-0.39, 0.29) is 0 Å². The molecule has 6 heteroatoms. The van der Waals surface area contributed by atoms with E-state index < -0.39 is 0 Å². The van der Waals surface area contributed by atoms with Gasteiger partial charge in [-0.2, -0.15) is 0 Å². The normalized spacial score (nSPS) is 12.3. The van der Waals surface area contributed by atoms with Crippen molar-refractivity contribution in [1.82, 2.24) is 19.4 Å². The van der Waals surface area contributed by atoms with Crippen molar-refractivity contribution < 1.29 is 8.83 Å². The van der Waals surface area contributed by atoms with Crippen LogP contribution < -0.4 is 0 Å². The molecule has 0 N–H and O–H groups in total. The predicted octanol–water partition coefficient (Wildman–Crippen LogP) is 11.8. The third kappa shape index (κ3) is 3.63. The van der Waals surface area contributed by atoms with Crippen molar-refractivity contribution in [1.29, 1.82) is 0 Å². The summed E-state index contributed by atoms with van der Waals surface area (Å²) in [6, 6.07) is 50.2. The van der Waals surface area contributed by atoms with Gasteiger partial charge >= 0.3 is 0 Å². The fourth-order valence-electron chi connectivity index (χ4n) is 8.19. The Labute approximate surface area is 289 Å². The molecule has 0 atom stereocenters. The predicted molar refractivity (Wildman–Crippen MR) is 205 cm³/mol. The molecule has 7 aromatic carbocycles.